The molecule has 0 saturated carbocycles. The standard InChI is InChI=1S/C17H18N2O5S/c1-22-16-10-13(11-18)4-6-15(16)23-12-14-5-7-17(24-14)25(20,21)19-8-2-3-9-19/h4-7,10H,2-3,8-9,12H2,1H3. The van der Waals surface area contributed by atoms with Crippen LogP contribution in [0, 0.1) is 11.3 Å². The average Bonchev–Trinajstić information content (AvgIpc) is 3.31. The molecule has 0 N–H and O–H groups in total. The van der Waals surface area contributed by atoms with Crippen LogP contribution in [0.5, 0.6) is 11.5 Å². The van der Waals surface area contributed by atoms with E-state index in [4.69, 9.17) is 19.2 Å². The van der Waals surface area contributed by atoms with Crippen molar-refractivity contribution in [2.75, 3.05) is 20.2 Å². The van der Waals surface area contributed by atoms with Crippen LogP contribution in [-0.2, 0) is 16.6 Å². The lowest BCUT2D eigenvalue weighted by atomic mass is 10.2. The molecule has 0 amide bonds. The topological polar surface area (TPSA) is 92.8 Å². The highest BCUT2D eigenvalue weighted by Crippen LogP contribution is 2.29. The number of ether oxygens (including phenoxy) is 2. The van der Waals surface area contributed by atoms with Gasteiger partial charge in [-0.3, -0.25) is 0 Å². The van der Waals surface area contributed by atoms with Crippen LogP contribution >= 0.6 is 0 Å². The summed E-state index contributed by atoms with van der Waals surface area (Å²) in [6, 6.07) is 9.86. The van der Waals surface area contributed by atoms with Gasteiger partial charge in [0.1, 0.15) is 12.4 Å². The number of furan rings is 1. The molecule has 0 unspecified atom stereocenters. The van der Waals surface area contributed by atoms with Gasteiger partial charge in [-0.1, -0.05) is 0 Å². The highest BCUT2D eigenvalue weighted by atomic mass is 32.2. The zero-order valence-electron chi connectivity index (χ0n) is 13.8. The predicted octanol–water partition coefficient (Wildman–Crippen LogP) is 2.52. The average molecular weight is 362 g/mol. The molecule has 0 bridgehead atoms. The summed E-state index contributed by atoms with van der Waals surface area (Å²) in [5.74, 6) is 1.27. The normalized spacial score (nSPS) is 15.0. The molecule has 8 heteroatoms. The Labute approximate surface area is 146 Å². The van der Waals surface area contributed by atoms with Crippen molar-refractivity contribution in [1.29, 1.82) is 5.26 Å². The number of nitrogens with zero attached hydrogens (tertiary/aromatic N) is 2. The van der Waals surface area contributed by atoms with Crippen molar-refractivity contribution in [1.82, 2.24) is 4.31 Å². The molecule has 0 atom stereocenters. The molecular weight excluding hydrogens is 344 g/mol. The first kappa shape index (κ1) is 17.3. The summed E-state index contributed by atoms with van der Waals surface area (Å²) in [5, 5.41) is 8.83. The van der Waals surface area contributed by atoms with Crippen LogP contribution in [0.3, 0.4) is 0 Å². The second-order valence-electron chi connectivity index (χ2n) is 5.60. The van der Waals surface area contributed by atoms with Crippen LogP contribution in [0.1, 0.15) is 24.2 Å². The molecule has 7 nitrogen and oxygen atoms in total. The smallest absolute Gasteiger partial charge is 0.276 e. The first-order valence-corrected chi connectivity index (χ1v) is 9.28. The third kappa shape index (κ3) is 3.62. The van der Waals surface area contributed by atoms with Crippen molar-refractivity contribution in [2.45, 2.75) is 24.5 Å². The minimum Gasteiger partial charge on any atom is -0.493 e. The van der Waals surface area contributed by atoms with Gasteiger partial charge in [0.15, 0.2) is 11.5 Å². The SMILES string of the molecule is COc1cc(C#N)ccc1OCc1ccc(S(=O)(=O)N2CCCC2)o1. The molecule has 2 aromatic rings. The maximum Gasteiger partial charge on any atom is 0.276 e. The van der Waals surface area contributed by atoms with Gasteiger partial charge in [-0.2, -0.15) is 9.57 Å². The number of hydrogen-bond acceptors (Lipinski definition) is 6. The third-order valence-corrected chi connectivity index (χ3v) is 5.73. The van der Waals surface area contributed by atoms with Crippen LogP contribution in [0.2, 0.25) is 0 Å². The number of methoxy groups -OCH3 is 1. The van der Waals surface area contributed by atoms with Gasteiger partial charge in [0, 0.05) is 19.2 Å². The Balaban J connectivity index is 1.71. The van der Waals surface area contributed by atoms with Crippen LogP contribution in [0.15, 0.2) is 39.8 Å². The second-order valence-corrected chi connectivity index (χ2v) is 7.47. The molecule has 0 spiro atoms. The zero-order valence-corrected chi connectivity index (χ0v) is 14.6. The van der Waals surface area contributed by atoms with Crippen molar-refractivity contribution in [3.8, 4) is 17.6 Å². The minimum absolute atomic E-state index is 0.0534. The Kier molecular flexibility index (Phi) is 4.97. The molecule has 1 aliphatic heterocycles. The first-order chi connectivity index (χ1) is 12.0. The Morgan fingerprint density at radius 1 is 1.20 bits per heavy atom. The number of rotatable bonds is 6. The monoisotopic (exact) mass is 362 g/mol. The van der Waals surface area contributed by atoms with Crippen LogP contribution in [-0.4, -0.2) is 32.9 Å². The van der Waals surface area contributed by atoms with Crippen LogP contribution in [0.25, 0.3) is 0 Å². The highest BCUT2D eigenvalue weighted by molar-refractivity contribution is 7.89. The van der Waals surface area contributed by atoms with Crippen molar-refractivity contribution in [3.05, 3.63) is 41.7 Å². The van der Waals surface area contributed by atoms with Gasteiger partial charge < -0.3 is 13.9 Å². The van der Waals surface area contributed by atoms with Gasteiger partial charge in [0.05, 0.1) is 18.7 Å². The second kappa shape index (κ2) is 7.17. The fraction of sp³-hybridized carbons (Fsp3) is 0.353. The molecule has 3 rings (SSSR count). The Morgan fingerprint density at radius 2 is 1.96 bits per heavy atom. The minimum atomic E-state index is -3.57. The van der Waals surface area contributed by atoms with Gasteiger partial charge in [0.25, 0.3) is 10.0 Å². The summed E-state index contributed by atoms with van der Waals surface area (Å²) in [6.07, 6.45) is 1.74. The molecule has 1 fully saturated rings. The zero-order chi connectivity index (χ0) is 17.9. The lowest BCUT2D eigenvalue weighted by molar-refractivity contribution is 0.245. The molecule has 0 radical (unpaired) electrons. The number of benzene rings is 1. The molecule has 1 aromatic carbocycles. The fourth-order valence-corrected chi connectivity index (χ4v) is 4.08. The van der Waals surface area contributed by atoms with Crippen molar-refractivity contribution >= 4 is 10.0 Å². The van der Waals surface area contributed by atoms with Gasteiger partial charge >= 0.3 is 0 Å². The van der Waals surface area contributed by atoms with E-state index in [0.29, 0.717) is 35.9 Å². The number of nitriles is 1. The number of hydrogen-bond donors (Lipinski definition) is 0. The van der Waals surface area contributed by atoms with Gasteiger partial charge in [-0.15, -0.1) is 0 Å². The maximum absolute atomic E-state index is 12.4. The van der Waals surface area contributed by atoms with E-state index in [1.54, 1.807) is 24.3 Å². The van der Waals surface area contributed by atoms with E-state index < -0.39 is 10.0 Å². The van der Waals surface area contributed by atoms with Crippen LogP contribution in [0.4, 0.5) is 0 Å². The summed E-state index contributed by atoms with van der Waals surface area (Å²) in [4.78, 5) is 0. The summed E-state index contributed by atoms with van der Waals surface area (Å²) in [7, 11) is -2.09. The van der Waals surface area contributed by atoms with Gasteiger partial charge in [-0.05, 0) is 37.1 Å². The largest absolute Gasteiger partial charge is 0.493 e. The van der Waals surface area contributed by atoms with Crippen LogP contribution < -0.4 is 9.47 Å². The molecule has 0 aliphatic carbocycles. The Morgan fingerprint density at radius 3 is 2.64 bits per heavy atom. The summed E-state index contributed by atoms with van der Waals surface area (Å²) >= 11 is 0. The maximum atomic E-state index is 12.4. The molecule has 1 aromatic heterocycles. The molecule has 1 aliphatic rings. The first-order valence-electron chi connectivity index (χ1n) is 7.84. The van der Waals surface area contributed by atoms with Gasteiger partial charge in [0.2, 0.25) is 5.09 Å². The molecular formula is C17H18N2O5S. The molecule has 1 saturated heterocycles. The molecule has 25 heavy (non-hydrogen) atoms. The summed E-state index contributed by atoms with van der Waals surface area (Å²) in [6.45, 7) is 1.10. The molecule has 2 heterocycles. The third-order valence-electron chi connectivity index (χ3n) is 3.96. The quantitative estimate of drug-likeness (QED) is 0.784. The lowest BCUT2D eigenvalue weighted by Gasteiger charge is -2.13. The summed E-state index contributed by atoms with van der Waals surface area (Å²) < 4.78 is 42.6. The predicted molar refractivity (Wildman–Crippen MR) is 88.7 cm³/mol. The summed E-state index contributed by atoms with van der Waals surface area (Å²) in [5.41, 5.74) is 0.459. The van der Waals surface area contributed by atoms with Gasteiger partial charge in [-0.25, -0.2) is 8.42 Å². The van der Waals surface area contributed by atoms with E-state index in [0.717, 1.165) is 12.8 Å². The van der Waals surface area contributed by atoms with E-state index in [1.807, 2.05) is 6.07 Å². The van der Waals surface area contributed by atoms with Crippen molar-refractivity contribution in [3.63, 3.8) is 0 Å². The number of sulfonamides is 1. The Bertz CT molecular complexity index is 892. The Hall–Kier alpha value is -2.50. The van der Waals surface area contributed by atoms with E-state index in [-0.39, 0.29) is 11.7 Å². The lowest BCUT2D eigenvalue weighted by Crippen LogP contribution is -2.27. The van der Waals surface area contributed by atoms with E-state index in [2.05, 4.69) is 0 Å². The van der Waals surface area contributed by atoms with E-state index in [9.17, 15) is 8.42 Å². The highest BCUT2D eigenvalue weighted by Gasteiger charge is 2.30. The van der Waals surface area contributed by atoms with E-state index in [1.165, 1.54) is 17.5 Å². The molecule has 132 valence electrons. The fourth-order valence-electron chi connectivity index (χ4n) is 2.64. The van der Waals surface area contributed by atoms with Crippen molar-refractivity contribution in [2.24, 2.45) is 0 Å². The van der Waals surface area contributed by atoms with Crippen molar-refractivity contribution < 1.29 is 22.3 Å². The van der Waals surface area contributed by atoms with E-state index >= 15 is 0 Å².